The second kappa shape index (κ2) is 6.38. The van der Waals surface area contributed by atoms with Gasteiger partial charge in [-0.05, 0) is 42.4 Å². The van der Waals surface area contributed by atoms with E-state index < -0.39 is 0 Å². The third-order valence-corrected chi connectivity index (χ3v) is 2.88. The highest BCUT2D eigenvalue weighted by Crippen LogP contribution is 2.29. The average Bonchev–Trinajstić information content (AvgIpc) is 2.75. The van der Waals surface area contributed by atoms with Crippen LogP contribution in [-0.4, -0.2) is 24.7 Å². The average molecular weight is 292 g/mol. The number of benzene rings is 1. The van der Waals surface area contributed by atoms with E-state index in [0.29, 0.717) is 28.9 Å². The Labute approximate surface area is 123 Å². The van der Waals surface area contributed by atoms with E-state index in [1.807, 2.05) is 25.1 Å². The van der Waals surface area contributed by atoms with Crippen molar-refractivity contribution >= 4 is 29.3 Å². The molecule has 0 aromatic heterocycles. The van der Waals surface area contributed by atoms with Crippen LogP contribution in [0, 0.1) is 0 Å². The van der Waals surface area contributed by atoms with Crippen molar-refractivity contribution in [1.82, 2.24) is 10.6 Å². The van der Waals surface area contributed by atoms with E-state index in [-0.39, 0.29) is 5.91 Å². The third kappa shape index (κ3) is 3.27. The lowest BCUT2D eigenvalue weighted by Gasteiger charge is -2.10. The molecule has 1 saturated heterocycles. The molecule has 20 heavy (non-hydrogen) atoms. The summed E-state index contributed by atoms with van der Waals surface area (Å²) in [6.45, 7) is 2.64. The van der Waals surface area contributed by atoms with Crippen molar-refractivity contribution in [3.63, 3.8) is 0 Å². The fourth-order valence-electron chi connectivity index (χ4n) is 1.76. The maximum Gasteiger partial charge on any atom is 0.273 e. The summed E-state index contributed by atoms with van der Waals surface area (Å²) in [4.78, 5) is 11.6. The number of ether oxygens (including phenoxy) is 2. The summed E-state index contributed by atoms with van der Waals surface area (Å²) in [5.74, 6) is 1.09. The standard InChI is InChI=1S/C14H16N2O3S/c1-3-6-19-12-8-9(4-5-11(12)18-2)7-10-13(17)16-14(20)15-10/h4-5,7-8H,3,6H2,1-2H3,(H2,15,16,17,20)/b10-7+. The highest BCUT2D eigenvalue weighted by Gasteiger charge is 2.20. The molecule has 2 N–H and O–H groups in total. The lowest BCUT2D eigenvalue weighted by Crippen LogP contribution is -2.21. The number of nitrogens with one attached hydrogen (secondary N) is 2. The molecule has 5 nitrogen and oxygen atoms in total. The number of hydrogen-bond donors (Lipinski definition) is 2. The largest absolute Gasteiger partial charge is 0.493 e. The molecule has 1 aliphatic heterocycles. The highest BCUT2D eigenvalue weighted by atomic mass is 32.1. The second-order valence-corrected chi connectivity index (χ2v) is 4.63. The minimum Gasteiger partial charge on any atom is -0.493 e. The number of carbonyl (C=O) groups excluding carboxylic acids is 1. The van der Waals surface area contributed by atoms with Crippen molar-refractivity contribution in [2.45, 2.75) is 13.3 Å². The molecule has 1 amide bonds. The first-order chi connectivity index (χ1) is 9.63. The van der Waals surface area contributed by atoms with E-state index in [9.17, 15) is 4.79 Å². The van der Waals surface area contributed by atoms with Gasteiger partial charge in [-0.1, -0.05) is 13.0 Å². The van der Waals surface area contributed by atoms with Crippen molar-refractivity contribution in [2.75, 3.05) is 13.7 Å². The number of amides is 1. The Morgan fingerprint density at radius 1 is 1.30 bits per heavy atom. The minimum absolute atomic E-state index is 0.234. The summed E-state index contributed by atoms with van der Waals surface area (Å²) in [5, 5.41) is 5.64. The van der Waals surface area contributed by atoms with E-state index in [0.717, 1.165) is 12.0 Å². The van der Waals surface area contributed by atoms with Gasteiger partial charge in [0.2, 0.25) is 0 Å². The smallest absolute Gasteiger partial charge is 0.273 e. The second-order valence-electron chi connectivity index (χ2n) is 4.23. The van der Waals surface area contributed by atoms with Crippen LogP contribution in [0.3, 0.4) is 0 Å². The molecule has 106 valence electrons. The summed E-state index contributed by atoms with van der Waals surface area (Å²) in [5.41, 5.74) is 1.25. The molecule has 0 saturated carbocycles. The van der Waals surface area contributed by atoms with Crippen LogP contribution in [0.1, 0.15) is 18.9 Å². The molecule has 1 heterocycles. The van der Waals surface area contributed by atoms with Crippen LogP contribution >= 0.6 is 12.2 Å². The van der Waals surface area contributed by atoms with Crippen LogP contribution < -0.4 is 20.1 Å². The van der Waals surface area contributed by atoms with Crippen molar-refractivity contribution in [1.29, 1.82) is 0 Å². The number of hydrogen-bond acceptors (Lipinski definition) is 4. The Morgan fingerprint density at radius 3 is 2.70 bits per heavy atom. The molecule has 2 rings (SSSR count). The molecule has 1 aliphatic rings. The summed E-state index contributed by atoms with van der Waals surface area (Å²) in [6, 6.07) is 5.49. The van der Waals surface area contributed by atoms with Crippen molar-refractivity contribution in [2.24, 2.45) is 0 Å². The number of rotatable bonds is 5. The Balaban J connectivity index is 2.26. The van der Waals surface area contributed by atoms with Gasteiger partial charge in [-0.3, -0.25) is 10.1 Å². The van der Waals surface area contributed by atoms with Gasteiger partial charge in [-0.15, -0.1) is 0 Å². The minimum atomic E-state index is -0.234. The number of carbonyl (C=O) groups is 1. The first-order valence-electron chi connectivity index (χ1n) is 6.29. The van der Waals surface area contributed by atoms with Crippen LogP contribution in [0.5, 0.6) is 11.5 Å². The van der Waals surface area contributed by atoms with Crippen molar-refractivity contribution in [3.05, 3.63) is 29.5 Å². The molecule has 0 spiro atoms. The topological polar surface area (TPSA) is 59.6 Å². The van der Waals surface area contributed by atoms with Gasteiger partial charge in [0.15, 0.2) is 16.6 Å². The van der Waals surface area contributed by atoms with E-state index in [2.05, 4.69) is 10.6 Å². The Kier molecular flexibility index (Phi) is 4.57. The zero-order valence-electron chi connectivity index (χ0n) is 11.4. The van der Waals surface area contributed by atoms with Crippen molar-refractivity contribution in [3.8, 4) is 11.5 Å². The van der Waals surface area contributed by atoms with E-state index in [1.54, 1.807) is 13.2 Å². The molecule has 1 aromatic carbocycles. The van der Waals surface area contributed by atoms with E-state index in [1.165, 1.54) is 0 Å². The lowest BCUT2D eigenvalue weighted by atomic mass is 10.1. The summed E-state index contributed by atoms with van der Waals surface area (Å²) in [7, 11) is 1.59. The first-order valence-corrected chi connectivity index (χ1v) is 6.69. The van der Waals surface area contributed by atoms with Gasteiger partial charge in [0, 0.05) is 0 Å². The Morgan fingerprint density at radius 2 is 2.10 bits per heavy atom. The molecule has 0 radical (unpaired) electrons. The maximum atomic E-state index is 11.6. The van der Waals surface area contributed by atoms with Gasteiger partial charge in [-0.25, -0.2) is 0 Å². The molecule has 1 aromatic rings. The first kappa shape index (κ1) is 14.3. The number of thiocarbonyl (C=S) groups is 1. The van der Waals surface area contributed by atoms with Crippen LogP contribution in [0.4, 0.5) is 0 Å². The summed E-state index contributed by atoms with van der Waals surface area (Å²) < 4.78 is 10.9. The SMILES string of the molecule is CCCOc1cc(/C=C2/NC(=S)NC2=O)ccc1OC. The van der Waals surface area contributed by atoms with E-state index >= 15 is 0 Å². The Hall–Kier alpha value is -2.08. The molecular weight excluding hydrogens is 276 g/mol. The molecule has 0 atom stereocenters. The maximum absolute atomic E-state index is 11.6. The predicted molar refractivity (Wildman–Crippen MR) is 80.6 cm³/mol. The quantitative estimate of drug-likeness (QED) is 0.640. The Bertz CT molecular complexity index is 570. The fraction of sp³-hybridized carbons (Fsp3) is 0.286. The van der Waals surface area contributed by atoms with E-state index in [4.69, 9.17) is 21.7 Å². The zero-order valence-corrected chi connectivity index (χ0v) is 12.2. The summed E-state index contributed by atoms with van der Waals surface area (Å²) >= 11 is 4.88. The highest BCUT2D eigenvalue weighted by molar-refractivity contribution is 7.80. The molecule has 1 fully saturated rings. The third-order valence-electron chi connectivity index (χ3n) is 2.68. The van der Waals surface area contributed by atoms with Crippen LogP contribution in [0.15, 0.2) is 23.9 Å². The van der Waals surface area contributed by atoms with Gasteiger partial charge < -0.3 is 14.8 Å². The zero-order chi connectivity index (χ0) is 14.5. The summed E-state index contributed by atoms with van der Waals surface area (Å²) in [6.07, 6.45) is 2.62. The molecule has 6 heteroatoms. The fourth-order valence-corrected chi connectivity index (χ4v) is 1.96. The van der Waals surface area contributed by atoms with Gasteiger partial charge in [0.1, 0.15) is 5.70 Å². The molecular formula is C14H16N2O3S. The number of methoxy groups -OCH3 is 1. The van der Waals surface area contributed by atoms with Crippen LogP contribution in [0.25, 0.3) is 6.08 Å². The van der Waals surface area contributed by atoms with Crippen LogP contribution in [-0.2, 0) is 4.79 Å². The molecule has 0 aliphatic carbocycles. The van der Waals surface area contributed by atoms with Crippen LogP contribution in [0.2, 0.25) is 0 Å². The molecule has 0 bridgehead atoms. The van der Waals surface area contributed by atoms with Gasteiger partial charge >= 0.3 is 0 Å². The normalized spacial score (nSPS) is 16.0. The van der Waals surface area contributed by atoms with Gasteiger partial charge in [0.25, 0.3) is 5.91 Å². The van der Waals surface area contributed by atoms with Crippen molar-refractivity contribution < 1.29 is 14.3 Å². The lowest BCUT2D eigenvalue weighted by molar-refractivity contribution is -0.115. The monoisotopic (exact) mass is 292 g/mol. The van der Waals surface area contributed by atoms with Gasteiger partial charge in [0.05, 0.1) is 13.7 Å². The molecule has 0 unspecified atom stereocenters. The predicted octanol–water partition coefficient (Wildman–Crippen LogP) is 1.83. The van der Waals surface area contributed by atoms with Gasteiger partial charge in [-0.2, -0.15) is 0 Å².